The van der Waals surface area contributed by atoms with Gasteiger partial charge in [0.15, 0.2) is 0 Å². The van der Waals surface area contributed by atoms with Crippen LogP contribution in [0.2, 0.25) is 0 Å². The smallest absolute Gasteiger partial charge is 0.311 e. The summed E-state index contributed by atoms with van der Waals surface area (Å²) in [6, 6.07) is 13.9. The standard InChI is InChI=1S/C26H27BrN6O3/c1-2-21(34)33(15-26(25(35)36)11-3-4-12-26)14-16-5-10-20-19(13-16)22(27)23(28-20)17-6-8-18(9-7-17)24-29-31-32-30-24/h5-10,13,28H,2-4,11-12,14-15H2,1H3,(H,35,36)(H,29,30,31,32). The van der Waals surface area contributed by atoms with Crippen LogP contribution in [-0.2, 0) is 16.1 Å². The second kappa shape index (κ2) is 9.85. The summed E-state index contributed by atoms with van der Waals surface area (Å²) in [4.78, 5) is 30.1. The topological polar surface area (TPSA) is 128 Å². The number of aromatic nitrogens is 5. The first kappa shape index (κ1) is 24.2. The summed E-state index contributed by atoms with van der Waals surface area (Å²) in [7, 11) is 0. The molecule has 10 heteroatoms. The lowest BCUT2D eigenvalue weighted by atomic mass is 9.85. The summed E-state index contributed by atoms with van der Waals surface area (Å²) in [5.74, 6) is -0.291. The average Bonchev–Trinajstić information content (AvgIpc) is 3.65. The Morgan fingerprint density at radius 1 is 1.11 bits per heavy atom. The van der Waals surface area contributed by atoms with E-state index in [1.165, 1.54) is 0 Å². The number of tetrazole rings is 1. The molecule has 2 heterocycles. The summed E-state index contributed by atoms with van der Waals surface area (Å²) < 4.78 is 0.929. The SMILES string of the molecule is CCC(=O)N(Cc1ccc2[nH]c(-c3ccc(-c4nn[nH]n4)cc3)c(Br)c2c1)CC1(C(=O)O)CCCC1. The lowest BCUT2D eigenvalue weighted by Crippen LogP contribution is -2.43. The number of hydrogen-bond donors (Lipinski definition) is 3. The molecule has 3 N–H and O–H groups in total. The van der Waals surface area contributed by atoms with Crippen LogP contribution in [0.5, 0.6) is 0 Å². The Labute approximate surface area is 216 Å². The van der Waals surface area contributed by atoms with E-state index in [4.69, 9.17) is 0 Å². The Bertz CT molecular complexity index is 1390. The molecule has 1 saturated carbocycles. The first-order chi connectivity index (χ1) is 17.4. The lowest BCUT2D eigenvalue weighted by Gasteiger charge is -2.32. The van der Waals surface area contributed by atoms with Crippen molar-refractivity contribution in [3.63, 3.8) is 0 Å². The Balaban J connectivity index is 1.42. The fraction of sp³-hybridized carbons (Fsp3) is 0.346. The van der Waals surface area contributed by atoms with E-state index in [0.29, 0.717) is 31.6 Å². The number of benzene rings is 2. The van der Waals surface area contributed by atoms with Crippen molar-refractivity contribution in [3.05, 3.63) is 52.5 Å². The quantitative estimate of drug-likeness (QED) is 0.278. The maximum Gasteiger partial charge on any atom is 0.311 e. The molecule has 2 aromatic carbocycles. The van der Waals surface area contributed by atoms with Crippen LogP contribution in [0.25, 0.3) is 33.5 Å². The van der Waals surface area contributed by atoms with Crippen LogP contribution in [-0.4, -0.2) is 54.0 Å². The third-order valence-corrected chi connectivity index (χ3v) is 7.94. The van der Waals surface area contributed by atoms with Crippen LogP contribution in [0.15, 0.2) is 46.9 Å². The van der Waals surface area contributed by atoms with Gasteiger partial charge in [-0.3, -0.25) is 9.59 Å². The zero-order valence-electron chi connectivity index (χ0n) is 19.9. The van der Waals surface area contributed by atoms with Gasteiger partial charge in [0, 0.05) is 36.0 Å². The molecule has 1 amide bonds. The molecule has 186 valence electrons. The van der Waals surface area contributed by atoms with E-state index in [-0.39, 0.29) is 12.5 Å². The molecule has 0 unspecified atom stereocenters. The van der Waals surface area contributed by atoms with Crippen LogP contribution in [0.3, 0.4) is 0 Å². The molecule has 9 nitrogen and oxygen atoms in total. The molecule has 1 aliphatic rings. The van der Waals surface area contributed by atoms with Gasteiger partial charge in [0.1, 0.15) is 0 Å². The van der Waals surface area contributed by atoms with Gasteiger partial charge in [-0.25, -0.2) is 0 Å². The van der Waals surface area contributed by atoms with Crippen molar-refractivity contribution in [1.29, 1.82) is 0 Å². The highest BCUT2D eigenvalue weighted by atomic mass is 79.9. The highest BCUT2D eigenvalue weighted by molar-refractivity contribution is 9.10. The molecule has 0 aliphatic heterocycles. The third-order valence-electron chi connectivity index (χ3n) is 7.11. The van der Waals surface area contributed by atoms with Crippen molar-refractivity contribution >= 4 is 38.7 Å². The number of aliphatic carboxylic acids is 1. The van der Waals surface area contributed by atoms with Crippen molar-refractivity contribution in [3.8, 4) is 22.6 Å². The zero-order chi connectivity index (χ0) is 25.3. The minimum absolute atomic E-state index is 0.0295. The molecule has 0 atom stereocenters. The third kappa shape index (κ3) is 4.53. The van der Waals surface area contributed by atoms with Gasteiger partial charge in [-0.2, -0.15) is 5.21 Å². The molecule has 1 aliphatic carbocycles. The molecular formula is C26H27BrN6O3. The first-order valence-corrected chi connectivity index (χ1v) is 12.8. The van der Waals surface area contributed by atoms with Crippen molar-refractivity contribution in [1.82, 2.24) is 30.5 Å². The second-order valence-electron chi connectivity index (χ2n) is 9.40. The Kier molecular flexibility index (Phi) is 6.61. The Morgan fingerprint density at radius 2 is 1.83 bits per heavy atom. The van der Waals surface area contributed by atoms with Gasteiger partial charge >= 0.3 is 5.97 Å². The van der Waals surface area contributed by atoms with E-state index >= 15 is 0 Å². The van der Waals surface area contributed by atoms with Crippen LogP contribution < -0.4 is 0 Å². The van der Waals surface area contributed by atoms with Crippen LogP contribution in [0.4, 0.5) is 0 Å². The summed E-state index contributed by atoms with van der Waals surface area (Å²) in [5.41, 5.74) is 3.89. The number of carboxylic acids is 1. The van der Waals surface area contributed by atoms with Gasteiger partial charge in [0.25, 0.3) is 0 Å². The number of halogens is 1. The number of H-pyrrole nitrogens is 2. The van der Waals surface area contributed by atoms with E-state index in [9.17, 15) is 14.7 Å². The summed E-state index contributed by atoms with van der Waals surface area (Å²) >= 11 is 3.76. The second-order valence-corrected chi connectivity index (χ2v) is 10.2. The predicted molar refractivity (Wildman–Crippen MR) is 139 cm³/mol. The number of aromatic amines is 2. The number of rotatable bonds is 8. The van der Waals surface area contributed by atoms with Gasteiger partial charge in [-0.05, 0) is 57.2 Å². The molecular weight excluding hydrogens is 524 g/mol. The van der Waals surface area contributed by atoms with E-state index in [0.717, 1.165) is 50.6 Å². The number of carbonyl (C=O) groups excluding carboxylic acids is 1. The normalized spacial score (nSPS) is 14.8. The maximum absolute atomic E-state index is 12.8. The van der Waals surface area contributed by atoms with Gasteiger partial charge in [-0.1, -0.05) is 50.1 Å². The molecule has 0 radical (unpaired) electrons. The molecule has 36 heavy (non-hydrogen) atoms. The van der Waals surface area contributed by atoms with Crippen molar-refractivity contribution < 1.29 is 14.7 Å². The Hall–Kier alpha value is -3.53. The number of carbonyl (C=O) groups is 2. The van der Waals surface area contributed by atoms with Crippen LogP contribution in [0.1, 0.15) is 44.6 Å². The number of fused-ring (bicyclic) bond motifs is 1. The van der Waals surface area contributed by atoms with E-state index in [1.54, 1.807) is 4.90 Å². The lowest BCUT2D eigenvalue weighted by molar-refractivity contribution is -0.151. The molecule has 2 aromatic heterocycles. The number of nitrogens with one attached hydrogen (secondary N) is 2. The van der Waals surface area contributed by atoms with Gasteiger partial charge < -0.3 is 15.0 Å². The summed E-state index contributed by atoms with van der Waals surface area (Å²) in [5, 5.41) is 25.0. The highest BCUT2D eigenvalue weighted by Crippen LogP contribution is 2.40. The van der Waals surface area contributed by atoms with Gasteiger partial charge in [0.2, 0.25) is 11.7 Å². The maximum atomic E-state index is 12.8. The molecule has 0 saturated heterocycles. The van der Waals surface area contributed by atoms with E-state index in [1.807, 2.05) is 43.3 Å². The van der Waals surface area contributed by atoms with Crippen molar-refractivity contribution in [2.24, 2.45) is 5.41 Å². The van der Waals surface area contributed by atoms with Gasteiger partial charge in [-0.15, -0.1) is 10.2 Å². The van der Waals surface area contributed by atoms with Crippen molar-refractivity contribution in [2.75, 3.05) is 6.54 Å². The molecule has 0 spiro atoms. The molecule has 4 aromatic rings. The molecule has 5 rings (SSSR count). The van der Waals surface area contributed by atoms with Crippen LogP contribution >= 0.6 is 15.9 Å². The highest BCUT2D eigenvalue weighted by Gasteiger charge is 2.43. The number of amides is 1. The average molecular weight is 551 g/mol. The molecule has 1 fully saturated rings. The first-order valence-electron chi connectivity index (χ1n) is 12.1. The fourth-order valence-electron chi connectivity index (χ4n) is 5.11. The zero-order valence-corrected chi connectivity index (χ0v) is 21.5. The predicted octanol–water partition coefficient (Wildman–Crippen LogP) is 5.16. The van der Waals surface area contributed by atoms with Crippen LogP contribution in [0, 0.1) is 5.41 Å². The summed E-state index contributed by atoms with van der Waals surface area (Å²) in [6.45, 7) is 2.45. The monoisotopic (exact) mass is 550 g/mol. The number of carboxylic acid groups (broad SMARTS) is 1. The van der Waals surface area contributed by atoms with E-state index in [2.05, 4.69) is 47.6 Å². The summed E-state index contributed by atoms with van der Waals surface area (Å²) in [6.07, 6.45) is 3.36. The molecule has 0 bridgehead atoms. The van der Waals surface area contributed by atoms with Gasteiger partial charge in [0.05, 0.1) is 15.6 Å². The largest absolute Gasteiger partial charge is 0.481 e. The van der Waals surface area contributed by atoms with E-state index < -0.39 is 11.4 Å². The minimum Gasteiger partial charge on any atom is -0.481 e. The number of hydrogen-bond acceptors (Lipinski definition) is 5. The Morgan fingerprint density at radius 3 is 2.47 bits per heavy atom. The van der Waals surface area contributed by atoms with Crippen molar-refractivity contribution in [2.45, 2.75) is 45.6 Å². The number of nitrogens with zero attached hydrogens (tertiary/aromatic N) is 4. The minimum atomic E-state index is -0.843. The fourth-order valence-corrected chi connectivity index (χ4v) is 5.76.